The van der Waals surface area contributed by atoms with Crippen LogP contribution in [-0.2, 0) is 6.42 Å². The number of nitrogens with zero attached hydrogens (tertiary/aromatic N) is 1. The van der Waals surface area contributed by atoms with Gasteiger partial charge in [-0.05, 0) is 37.1 Å². The second-order valence-electron chi connectivity index (χ2n) is 3.93. The zero-order valence-electron chi connectivity index (χ0n) is 9.48. The zero-order valence-corrected chi connectivity index (χ0v) is 10.3. The van der Waals surface area contributed by atoms with Gasteiger partial charge in [0.05, 0.1) is 0 Å². The molecule has 0 bridgehead atoms. The summed E-state index contributed by atoms with van der Waals surface area (Å²) in [6.07, 6.45) is 4.11. The molecule has 0 saturated heterocycles. The highest BCUT2D eigenvalue weighted by Crippen LogP contribution is 2.29. The number of rotatable bonds is 4. The lowest BCUT2D eigenvalue weighted by atomic mass is 10.1. The number of hydrogen-bond donors (Lipinski definition) is 2. The Hall–Kier alpha value is -1.33. The Morgan fingerprint density at radius 3 is 3.00 bits per heavy atom. The second kappa shape index (κ2) is 5.33. The van der Waals surface area contributed by atoms with Gasteiger partial charge in [0.25, 0.3) is 0 Å². The molecule has 0 saturated carbocycles. The first kappa shape index (κ1) is 12.1. The summed E-state index contributed by atoms with van der Waals surface area (Å²) in [6, 6.07) is 4.76. The molecule has 3 nitrogen and oxygen atoms in total. The Morgan fingerprint density at radius 1 is 1.53 bits per heavy atom. The number of aromatic nitrogens is 2. The molecule has 0 amide bonds. The van der Waals surface area contributed by atoms with Crippen molar-refractivity contribution in [1.29, 1.82) is 0 Å². The van der Waals surface area contributed by atoms with Gasteiger partial charge < -0.3 is 10.7 Å². The van der Waals surface area contributed by atoms with Gasteiger partial charge in [0.1, 0.15) is 5.82 Å². The smallest absolute Gasteiger partial charge is 0.170 e. The zero-order chi connectivity index (χ0) is 12.3. The topological polar surface area (TPSA) is 54.7 Å². The Labute approximate surface area is 104 Å². The van der Waals surface area contributed by atoms with Crippen molar-refractivity contribution >= 4 is 11.8 Å². The van der Waals surface area contributed by atoms with E-state index in [0.29, 0.717) is 6.42 Å². The summed E-state index contributed by atoms with van der Waals surface area (Å²) in [5.41, 5.74) is 6.68. The maximum Gasteiger partial charge on any atom is 0.170 e. The minimum Gasteiger partial charge on any atom is -0.339 e. The van der Waals surface area contributed by atoms with E-state index in [1.807, 2.05) is 6.92 Å². The minimum atomic E-state index is -0.232. The van der Waals surface area contributed by atoms with Gasteiger partial charge in [-0.1, -0.05) is 11.8 Å². The van der Waals surface area contributed by atoms with Crippen LogP contribution in [0.4, 0.5) is 4.39 Å². The quantitative estimate of drug-likeness (QED) is 0.878. The lowest BCUT2D eigenvalue weighted by Crippen LogP contribution is -2.18. The molecule has 0 aliphatic carbocycles. The number of hydrogen-bond acceptors (Lipinski definition) is 3. The van der Waals surface area contributed by atoms with Crippen molar-refractivity contribution in [1.82, 2.24) is 9.97 Å². The number of halogens is 1. The summed E-state index contributed by atoms with van der Waals surface area (Å²) in [5, 5.41) is 0.794. The van der Waals surface area contributed by atoms with E-state index in [4.69, 9.17) is 5.73 Å². The van der Waals surface area contributed by atoms with E-state index in [2.05, 4.69) is 9.97 Å². The number of nitrogens with two attached hydrogens (primary N) is 1. The van der Waals surface area contributed by atoms with Gasteiger partial charge in [-0.3, -0.25) is 0 Å². The SMILES string of the molecule is CC(N)Cc1cc(F)ccc1Sc1ncc[nH]1. The molecule has 0 spiro atoms. The van der Waals surface area contributed by atoms with Gasteiger partial charge in [-0.25, -0.2) is 9.37 Å². The van der Waals surface area contributed by atoms with Crippen LogP contribution in [0.1, 0.15) is 12.5 Å². The first-order chi connectivity index (χ1) is 8.15. The molecule has 0 fully saturated rings. The van der Waals surface area contributed by atoms with Gasteiger partial charge in [0.15, 0.2) is 5.16 Å². The van der Waals surface area contributed by atoms with E-state index in [1.54, 1.807) is 18.5 Å². The van der Waals surface area contributed by atoms with Crippen molar-refractivity contribution in [2.24, 2.45) is 5.73 Å². The predicted molar refractivity (Wildman–Crippen MR) is 66.5 cm³/mol. The fourth-order valence-electron chi connectivity index (χ4n) is 1.56. The summed E-state index contributed by atoms with van der Waals surface area (Å²) in [5.74, 6) is -0.232. The van der Waals surface area contributed by atoms with Crippen LogP contribution >= 0.6 is 11.8 Å². The van der Waals surface area contributed by atoms with Gasteiger partial charge in [0.2, 0.25) is 0 Å². The lowest BCUT2D eigenvalue weighted by Gasteiger charge is -2.10. The molecular weight excluding hydrogens is 237 g/mol. The molecule has 1 aromatic carbocycles. The van der Waals surface area contributed by atoms with E-state index < -0.39 is 0 Å². The standard InChI is InChI=1S/C12H14FN3S/c1-8(14)6-9-7-10(13)2-3-11(9)17-12-15-4-5-16-12/h2-5,7-8H,6,14H2,1H3,(H,15,16). The van der Waals surface area contributed by atoms with Crippen LogP contribution in [0.25, 0.3) is 0 Å². The molecule has 2 aromatic rings. The Morgan fingerprint density at radius 2 is 2.35 bits per heavy atom. The van der Waals surface area contributed by atoms with Crippen LogP contribution in [0.2, 0.25) is 0 Å². The van der Waals surface area contributed by atoms with Gasteiger partial charge in [-0.15, -0.1) is 0 Å². The summed E-state index contributed by atoms with van der Waals surface area (Å²) >= 11 is 1.48. The highest BCUT2D eigenvalue weighted by atomic mass is 32.2. The van der Waals surface area contributed by atoms with Crippen molar-refractivity contribution < 1.29 is 4.39 Å². The first-order valence-corrected chi connectivity index (χ1v) is 6.18. The summed E-state index contributed by atoms with van der Waals surface area (Å²) < 4.78 is 13.2. The molecule has 2 rings (SSSR count). The van der Waals surface area contributed by atoms with Crippen LogP contribution in [0, 0.1) is 5.82 Å². The van der Waals surface area contributed by atoms with Crippen LogP contribution in [0.5, 0.6) is 0 Å². The van der Waals surface area contributed by atoms with Gasteiger partial charge in [0, 0.05) is 23.3 Å². The van der Waals surface area contributed by atoms with E-state index in [-0.39, 0.29) is 11.9 Å². The van der Waals surface area contributed by atoms with Crippen LogP contribution < -0.4 is 5.73 Å². The second-order valence-corrected chi connectivity index (χ2v) is 4.96. The van der Waals surface area contributed by atoms with Crippen molar-refractivity contribution in [2.75, 3.05) is 0 Å². The largest absolute Gasteiger partial charge is 0.339 e. The maximum absolute atomic E-state index is 13.2. The van der Waals surface area contributed by atoms with E-state index >= 15 is 0 Å². The van der Waals surface area contributed by atoms with E-state index in [0.717, 1.165) is 15.6 Å². The Kier molecular flexibility index (Phi) is 3.81. The predicted octanol–water partition coefficient (Wildman–Crippen LogP) is 2.59. The Balaban J connectivity index is 2.25. The van der Waals surface area contributed by atoms with Crippen LogP contribution in [0.15, 0.2) is 40.6 Å². The molecule has 90 valence electrons. The molecule has 1 unspecified atom stereocenters. The monoisotopic (exact) mass is 251 g/mol. The third kappa shape index (κ3) is 3.31. The van der Waals surface area contributed by atoms with Crippen molar-refractivity contribution in [3.8, 4) is 0 Å². The molecule has 0 aliphatic rings. The molecule has 0 aliphatic heterocycles. The van der Waals surface area contributed by atoms with Crippen LogP contribution in [-0.4, -0.2) is 16.0 Å². The average Bonchev–Trinajstić information content (AvgIpc) is 2.74. The molecule has 1 heterocycles. The molecular formula is C12H14FN3S. The number of H-pyrrole nitrogens is 1. The van der Waals surface area contributed by atoms with Crippen molar-refractivity contribution in [3.63, 3.8) is 0 Å². The summed E-state index contributed by atoms with van der Waals surface area (Å²) in [7, 11) is 0. The number of nitrogens with one attached hydrogen (secondary N) is 1. The molecule has 17 heavy (non-hydrogen) atoms. The number of benzene rings is 1. The highest BCUT2D eigenvalue weighted by molar-refractivity contribution is 7.99. The highest BCUT2D eigenvalue weighted by Gasteiger charge is 2.09. The normalized spacial score (nSPS) is 12.6. The van der Waals surface area contributed by atoms with Gasteiger partial charge in [-0.2, -0.15) is 0 Å². The number of aromatic amines is 1. The lowest BCUT2D eigenvalue weighted by molar-refractivity contribution is 0.620. The Bertz CT molecular complexity index is 483. The van der Waals surface area contributed by atoms with E-state index in [9.17, 15) is 4.39 Å². The molecule has 0 radical (unpaired) electrons. The van der Waals surface area contributed by atoms with Crippen molar-refractivity contribution in [3.05, 3.63) is 42.0 Å². The third-order valence-electron chi connectivity index (χ3n) is 2.24. The fraction of sp³-hybridized carbons (Fsp3) is 0.250. The molecule has 3 N–H and O–H groups in total. The fourth-order valence-corrected chi connectivity index (χ4v) is 2.42. The maximum atomic E-state index is 13.2. The van der Waals surface area contributed by atoms with Gasteiger partial charge >= 0.3 is 0 Å². The number of imidazole rings is 1. The van der Waals surface area contributed by atoms with Crippen LogP contribution in [0.3, 0.4) is 0 Å². The summed E-state index contributed by atoms with van der Waals surface area (Å²) in [4.78, 5) is 8.13. The minimum absolute atomic E-state index is 0.00718. The summed E-state index contributed by atoms with van der Waals surface area (Å²) in [6.45, 7) is 1.91. The molecule has 5 heteroatoms. The molecule has 1 aromatic heterocycles. The van der Waals surface area contributed by atoms with E-state index in [1.165, 1.54) is 23.9 Å². The third-order valence-corrected chi connectivity index (χ3v) is 3.28. The first-order valence-electron chi connectivity index (χ1n) is 5.36. The van der Waals surface area contributed by atoms with Crippen molar-refractivity contribution in [2.45, 2.75) is 29.4 Å². The molecule has 1 atom stereocenters. The average molecular weight is 251 g/mol.